The molecule has 18 heavy (non-hydrogen) atoms. The van der Waals surface area contributed by atoms with E-state index in [4.69, 9.17) is 5.11 Å². The Balaban J connectivity index is 2.30. The number of rotatable bonds is 6. The van der Waals surface area contributed by atoms with E-state index in [1.165, 1.54) is 15.3 Å². The summed E-state index contributed by atoms with van der Waals surface area (Å²) < 4.78 is 0. The Morgan fingerprint density at radius 2 is 2.22 bits per heavy atom. The molecule has 1 heterocycles. The van der Waals surface area contributed by atoms with Crippen molar-refractivity contribution in [3.8, 4) is 0 Å². The van der Waals surface area contributed by atoms with Gasteiger partial charge in [0.25, 0.3) is 0 Å². The zero-order valence-electron chi connectivity index (χ0n) is 11.2. The number of urea groups is 1. The molecule has 0 radical (unpaired) electrons. The third-order valence-corrected chi connectivity index (χ3v) is 3.76. The average molecular weight is 270 g/mol. The third kappa shape index (κ3) is 5.06. The number of nitrogens with one attached hydrogen (secondary N) is 2. The zero-order valence-corrected chi connectivity index (χ0v) is 12.1. The molecule has 1 aromatic heterocycles. The Bertz CT molecular complexity index is 390. The van der Waals surface area contributed by atoms with E-state index in [9.17, 15) is 4.79 Å². The lowest BCUT2D eigenvalue weighted by molar-refractivity contribution is 0.234. The van der Waals surface area contributed by atoms with Crippen LogP contribution in [0, 0.1) is 13.8 Å². The summed E-state index contributed by atoms with van der Waals surface area (Å²) >= 11 is 1.75. The Morgan fingerprint density at radius 1 is 1.50 bits per heavy atom. The highest BCUT2D eigenvalue weighted by molar-refractivity contribution is 7.12. The van der Waals surface area contributed by atoms with Crippen molar-refractivity contribution < 1.29 is 9.90 Å². The third-order valence-electron chi connectivity index (χ3n) is 2.76. The number of carbonyl (C=O) groups is 1. The second-order valence-corrected chi connectivity index (χ2v) is 5.99. The molecule has 0 aliphatic heterocycles. The topological polar surface area (TPSA) is 61.4 Å². The van der Waals surface area contributed by atoms with Gasteiger partial charge in [0.2, 0.25) is 0 Å². The number of amides is 2. The minimum Gasteiger partial charge on any atom is -0.396 e. The summed E-state index contributed by atoms with van der Waals surface area (Å²) in [6.07, 6.45) is 1.50. The summed E-state index contributed by atoms with van der Waals surface area (Å²) in [5.74, 6) is 0. The number of aryl methyl sites for hydroxylation is 2. The molecule has 1 aromatic rings. The molecule has 4 nitrogen and oxygen atoms in total. The molecule has 1 unspecified atom stereocenters. The molecule has 1 rings (SSSR count). The van der Waals surface area contributed by atoms with E-state index >= 15 is 0 Å². The van der Waals surface area contributed by atoms with Crippen LogP contribution in [0.5, 0.6) is 0 Å². The van der Waals surface area contributed by atoms with Gasteiger partial charge in [0.1, 0.15) is 0 Å². The number of aliphatic hydroxyl groups is 1. The fraction of sp³-hybridized carbons (Fsp3) is 0.615. The smallest absolute Gasteiger partial charge is 0.315 e. The number of aliphatic hydroxyl groups excluding tert-OH is 1. The van der Waals surface area contributed by atoms with Crippen LogP contribution in [-0.2, 0) is 6.54 Å². The molecule has 1 atom stereocenters. The van der Waals surface area contributed by atoms with Gasteiger partial charge in [-0.3, -0.25) is 0 Å². The number of thiophene rings is 1. The molecule has 0 aliphatic carbocycles. The molecule has 0 saturated heterocycles. The summed E-state index contributed by atoms with van der Waals surface area (Å²) in [7, 11) is 0. The number of carbonyl (C=O) groups excluding carboxylic acids is 1. The Hall–Kier alpha value is -1.07. The standard InChI is InChI=1S/C13H22N2O2S/c1-9(5-4-6-16)15-13(17)14-8-12-7-10(2)18-11(12)3/h7,9,16H,4-6,8H2,1-3H3,(H2,14,15,17). The van der Waals surface area contributed by atoms with E-state index in [1.807, 2.05) is 6.92 Å². The summed E-state index contributed by atoms with van der Waals surface area (Å²) in [5, 5.41) is 14.4. The van der Waals surface area contributed by atoms with Crippen molar-refractivity contribution in [3.05, 3.63) is 21.4 Å². The first-order chi connectivity index (χ1) is 8.52. The molecule has 0 saturated carbocycles. The minimum atomic E-state index is -0.149. The summed E-state index contributed by atoms with van der Waals surface area (Å²) in [6.45, 7) is 6.81. The maximum Gasteiger partial charge on any atom is 0.315 e. The molecule has 102 valence electrons. The van der Waals surface area contributed by atoms with Crippen LogP contribution in [0.1, 0.15) is 35.1 Å². The van der Waals surface area contributed by atoms with E-state index in [0.29, 0.717) is 13.0 Å². The zero-order chi connectivity index (χ0) is 13.5. The largest absolute Gasteiger partial charge is 0.396 e. The van der Waals surface area contributed by atoms with E-state index in [1.54, 1.807) is 11.3 Å². The molecule has 0 aromatic carbocycles. The maximum atomic E-state index is 11.6. The molecular formula is C13H22N2O2S. The molecular weight excluding hydrogens is 248 g/mol. The SMILES string of the molecule is Cc1cc(CNC(=O)NC(C)CCCO)c(C)s1. The van der Waals surface area contributed by atoms with Gasteiger partial charge >= 0.3 is 6.03 Å². The van der Waals surface area contributed by atoms with Gasteiger partial charge in [0, 0.05) is 28.9 Å². The Labute approximate surface area is 112 Å². The lowest BCUT2D eigenvalue weighted by Gasteiger charge is -2.13. The van der Waals surface area contributed by atoms with Gasteiger partial charge in [0.15, 0.2) is 0 Å². The lowest BCUT2D eigenvalue weighted by Crippen LogP contribution is -2.40. The van der Waals surface area contributed by atoms with Crippen molar-refractivity contribution in [2.24, 2.45) is 0 Å². The van der Waals surface area contributed by atoms with Gasteiger partial charge in [-0.25, -0.2) is 4.79 Å². The fourth-order valence-corrected chi connectivity index (χ4v) is 2.73. The quantitative estimate of drug-likeness (QED) is 0.743. The maximum absolute atomic E-state index is 11.6. The number of hydrogen-bond donors (Lipinski definition) is 3. The summed E-state index contributed by atoms with van der Waals surface area (Å²) in [4.78, 5) is 14.1. The predicted octanol–water partition coefficient (Wildman–Crippen LogP) is 2.33. The first kappa shape index (κ1) is 15.0. The van der Waals surface area contributed by atoms with Crippen LogP contribution in [0.3, 0.4) is 0 Å². The van der Waals surface area contributed by atoms with E-state index in [-0.39, 0.29) is 18.7 Å². The highest BCUT2D eigenvalue weighted by Crippen LogP contribution is 2.20. The van der Waals surface area contributed by atoms with Crippen LogP contribution in [0.2, 0.25) is 0 Å². The second kappa shape index (κ2) is 7.38. The summed E-state index contributed by atoms with van der Waals surface area (Å²) in [5.41, 5.74) is 1.18. The van der Waals surface area contributed by atoms with Crippen LogP contribution in [-0.4, -0.2) is 23.8 Å². The Morgan fingerprint density at radius 3 is 2.78 bits per heavy atom. The highest BCUT2D eigenvalue weighted by Gasteiger charge is 2.08. The first-order valence-corrected chi connectivity index (χ1v) is 7.05. The average Bonchev–Trinajstić information content (AvgIpc) is 2.62. The highest BCUT2D eigenvalue weighted by atomic mass is 32.1. The van der Waals surface area contributed by atoms with E-state index < -0.39 is 0 Å². The molecule has 5 heteroatoms. The monoisotopic (exact) mass is 270 g/mol. The van der Waals surface area contributed by atoms with E-state index in [2.05, 4.69) is 30.5 Å². The number of hydrogen-bond acceptors (Lipinski definition) is 3. The van der Waals surface area contributed by atoms with Crippen molar-refractivity contribution in [2.75, 3.05) is 6.61 Å². The van der Waals surface area contributed by atoms with Crippen molar-refractivity contribution in [1.29, 1.82) is 0 Å². The van der Waals surface area contributed by atoms with Gasteiger partial charge in [-0.05, 0) is 45.2 Å². The van der Waals surface area contributed by atoms with Gasteiger partial charge in [-0.1, -0.05) is 0 Å². The second-order valence-electron chi connectivity index (χ2n) is 4.53. The predicted molar refractivity (Wildman–Crippen MR) is 74.9 cm³/mol. The van der Waals surface area contributed by atoms with Crippen molar-refractivity contribution in [1.82, 2.24) is 10.6 Å². The van der Waals surface area contributed by atoms with Gasteiger partial charge < -0.3 is 15.7 Å². The van der Waals surface area contributed by atoms with Crippen LogP contribution < -0.4 is 10.6 Å². The molecule has 0 fully saturated rings. The molecule has 0 aliphatic rings. The van der Waals surface area contributed by atoms with Crippen LogP contribution in [0.15, 0.2) is 6.07 Å². The fourth-order valence-electron chi connectivity index (χ4n) is 1.78. The van der Waals surface area contributed by atoms with Crippen LogP contribution in [0.25, 0.3) is 0 Å². The van der Waals surface area contributed by atoms with Gasteiger partial charge in [-0.15, -0.1) is 11.3 Å². The van der Waals surface area contributed by atoms with Crippen molar-refractivity contribution >= 4 is 17.4 Å². The lowest BCUT2D eigenvalue weighted by atomic mass is 10.2. The van der Waals surface area contributed by atoms with Gasteiger partial charge in [-0.2, -0.15) is 0 Å². The van der Waals surface area contributed by atoms with Crippen LogP contribution in [0.4, 0.5) is 4.79 Å². The Kier molecular flexibility index (Phi) is 6.15. The molecule has 0 bridgehead atoms. The van der Waals surface area contributed by atoms with Gasteiger partial charge in [0.05, 0.1) is 0 Å². The molecule has 0 spiro atoms. The minimum absolute atomic E-state index is 0.0856. The first-order valence-electron chi connectivity index (χ1n) is 6.24. The normalized spacial score (nSPS) is 12.2. The molecule has 2 amide bonds. The summed E-state index contributed by atoms with van der Waals surface area (Å²) in [6, 6.07) is 2.04. The van der Waals surface area contributed by atoms with E-state index in [0.717, 1.165) is 6.42 Å². The van der Waals surface area contributed by atoms with Crippen molar-refractivity contribution in [2.45, 2.75) is 46.2 Å². The van der Waals surface area contributed by atoms with Crippen LogP contribution >= 0.6 is 11.3 Å². The van der Waals surface area contributed by atoms with Crippen molar-refractivity contribution in [3.63, 3.8) is 0 Å². The molecule has 3 N–H and O–H groups in total.